The SMILES string of the molecule is O=C1C=C(c2cc3cccc(Cl)c3o2)CC1. The Kier molecular flexibility index (Phi) is 2.11. The van der Waals surface area contributed by atoms with E-state index < -0.39 is 0 Å². The molecule has 0 bridgehead atoms. The summed E-state index contributed by atoms with van der Waals surface area (Å²) < 4.78 is 5.68. The quantitative estimate of drug-likeness (QED) is 0.748. The van der Waals surface area contributed by atoms with E-state index in [1.165, 1.54) is 0 Å². The van der Waals surface area contributed by atoms with Crippen LogP contribution < -0.4 is 0 Å². The minimum absolute atomic E-state index is 0.168. The fourth-order valence-corrected chi connectivity index (χ4v) is 2.20. The molecule has 0 amide bonds. The van der Waals surface area contributed by atoms with Crippen molar-refractivity contribution in [1.82, 2.24) is 0 Å². The summed E-state index contributed by atoms with van der Waals surface area (Å²) in [4.78, 5) is 11.2. The van der Waals surface area contributed by atoms with Crippen LogP contribution in [-0.4, -0.2) is 5.78 Å². The van der Waals surface area contributed by atoms with Crippen LogP contribution in [0.1, 0.15) is 18.6 Å². The Morgan fingerprint density at radius 1 is 1.25 bits per heavy atom. The summed E-state index contributed by atoms with van der Waals surface area (Å²) in [6.45, 7) is 0. The highest BCUT2D eigenvalue weighted by Gasteiger charge is 2.17. The number of carbonyl (C=O) groups is 1. The third kappa shape index (κ3) is 1.46. The predicted molar refractivity (Wildman–Crippen MR) is 63.4 cm³/mol. The number of ketones is 1. The molecule has 0 saturated heterocycles. The first kappa shape index (κ1) is 9.67. The van der Waals surface area contributed by atoms with E-state index in [1.54, 1.807) is 12.1 Å². The van der Waals surface area contributed by atoms with Crippen molar-refractivity contribution < 1.29 is 9.21 Å². The number of fused-ring (bicyclic) bond motifs is 1. The van der Waals surface area contributed by atoms with Gasteiger partial charge in [-0.05, 0) is 30.2 Å². The Bertz CT molecular complexity index is 607. The standard InChI is InChI=1S/C13H9ClO2/c14-11-3-1-2-9-7-12(16-13(9)11)8-4-5-10(15)6-8/h1-3,6-7H,4-5H2. The first-order valence-electron chi connectivity index (χ1n) is 5.16. The second kappa shape index (κ2) is 3.49. The van der Waals surface area contributed by atoms with Crippen molar-refractivity contribution in [2.45, 2.75) is 12.8 Å². The van der Waals surface area contributed by atoms with Crippen molar-refractivity contribution >= 4 is 33.9 Å². The van der Waals surface area contributed by atoms with Gasteiger partial charge in [0.2, 0.25) is 0 Å². The van der Waals surface area contributed by atoms with Crippen LogP contribution in [0.2, 0.25) is 5.02 Å². The van der Waals surface area contributed by atoms with Gasteiger partial charge >= 0.3 is 0 Å². The average Bonchev–Trinajstić information content (AvgIpc) is 2.84. The fourth-order valence-electron chi connectivity index (χ4n) is 1.98. The molecule has 1 aliphatic rings. The molecule has 0 atom stereocenters. The summed E-state index contributed by atoms with van der Waals surface area (Å²) >= 11 is 6.03. The topological polar surface area (TPSA) is 30.2 Å². The number of para-hydroxylation sites is 1. The van der Waals surface area contributed by atoms with Gasteiger partial charge in [-0.3, -0.25) is 4.79 Å². The van der Waals surface area contributed by atoms with E-state index in [9.17, 15) is 4.79 Å². The van der Waals surface area contributed by atoms with Crippen molar-refractivity contribution in [3.05, 3.63) is 41.1 Å². The van der Waals surface area contributed by atoms with E-state index in [4.69, 9.17) is 16.0 Å². The second-order valence-electron chi connectivity index (χ2n) is 3.90. The maximum Gasteiger partial charge on any atom is 0.156 e. The summed E-state index contributed by atoms with van der Waals surface area (Å²) in [5.74, 6) is 0.926. The number of rotatable bonds is 1. The molecule has 3 heteroatoms. The largest absolute Gasteiger partial charge is 0.455 e. The number of hydrogen-bond donors (Lipinski definition) is 0. The zero-order chi connectivity index (χ0) is 11.1. The van der Waals surface area contributed by atoms with Crippen molar-refractivity contribution in [3.8, 4) is 0 Å². The molecule has 0 radical (unpaired) electrons. The molecule has 3 rings (SSSR count). The van der Waals surface area contributed by atoms with Crippen LogP contribution in [0.4, 0.5) is 0 Å². The van der Waals surface area contributed by atoms with Crippen LogP contribution >= 0.6 is 11.6 Å². The van der Waals surface area contributed by atoms with Crippen LogP contribution in [-0.2, 0) is 4.79 Å². The fraction of sp³-hybridized carbons (Fsp3) is 0.154. The highest BCUT2D eigenvalue weighted by atomic mass is 35.5. The number of benzene rings is 1. The van der Waals surface area contributed by atoms with Crippen LogP contribution in [0.15, 0.2) is 34.8 Å². The molecule has 0 spiro atoms. The minimum Gasteiger partial charge on any atom is -0.455 e. The normalized spacial score (nSPS) is 15.8. The van der Waals surface area contributed by atoms with Gasteiger partial charge in [0.1, 0.15) is 5.76 Å². The first-order chi connectivity index (χ1) is 7.74. The maximum absolute atomic E-state index is 11.2. The van der Waals surface area contributed by atoms with Crippen molar-refractivity contribution in [2.75, 3.05) is 0 Å². The lowest BCUT2D eigenvalue weighted by molar-refractivity contribution is -0.114. The molecule has 16 heavy (non-hydrogen) atoms. The van der Waals surface area contributed by atoms with Crippen LogP contribution in [0.5, 0.6) is 0 Å². The molecule has 2 nitrogen and oxygen atoms in total. The van der Waals surface area contributed by atoms with Gasteiger partial charge in [-0.25, -0.2) is 0 Å². The number of halogens is 1. The number of allylic oxidation sites excluding steroid dienone is 2. The summed E-state index contributed by atoms with van der Waals surface area (Å²) in [6, 6.07) is 7.57. The van der Waals surface area contributed by atoms with Gasteiger partial charge < -0.3 is 4.42 Å². The van der Waals surface area contributed by atoms with Gasteiger partial charge in [0.25, 0.3) is 0 Å². The van der Waals surface area contributed by atoms with Gasteiger partial charge in [-0.15, -0.1) is 0 Å². The molecule has 1 aromatic carbocycles. The van der Waals surface area contributed by atoms with Gasteiger partial charge in [0.15, 0.2) is 11.4 Å². The van der Waals surface area contributed by atoms with E-state index in [0.29, 0.717) is 17.0 Å². The Hall–Kier alpha value is -1.54. The lowest BCUT2D eigenvalue weighted by Crippen LogP contribution is -1.80. The third-order valence-electron chi connectivity index (χ3n) is 2.79. The van der Waals surface area contributed by atoms with Gasteiger partial charge in [0, 0.05) is 11.8 Å². The summed E-state index contributed by atoms with van der Waals surface area (Å²) in [7, 11) is 0. The zero-order valence-electron chi connectivity index (χ0n) is 8.50. The molecule has 80 valence electrons. The molecule has 1 aromatic heterocycles. The minimum atomic E-state index is 0.168. The zero-order valence-corrected chi connectivity index (χ0v) is 9.25. The molecule has 0 aliphatic heterocycles. The van der Waals surface area contributed by atoms with Crippen molar-refractivity contribution in [2.24, 2.45) is 0 Å². The summed E-state index contributed by atoms with van der Waals surface area (Å²) in [5, 5.41) is 1.58. The molecule has 0 N–H and O–H groups in total. The second-order valence-corrected chi connectivity index (χ2v) is 4.31. The van der Waals surface area contributed by atoms with Gasteiger partial charge in [-0.2, -0.15) is 0 Å². The maximum atomic E-state index is 11.2. The molecule has 1 aliphatic carbocycles. The lowest BCUT2D eigenvalue weighted by atomic mass is 10.1. The van der Waals surface area contributed by atoms with E-state index in [0.717, 1.165) is 23.1 Å². The van der Waals surface area contributed by atoms with Crippen molar-refractivity contribution in [3.63, 3.8) is 0 Å². The van der Waals surface area contributed by atoms with Crippen LogP contribution in [0.25, 0.3) is 16.5 Å². The summed E-state index contributed by atoms with van der Waals surface area (Å²) in [6.07, 6.45) is 3.00. The molecule has 0 unspecified atom stereocenters. The highest BCUT2D eigenvalue weighted by molar-refractivity contribution is 6.34. The summed E-state index contributed by atoms with van der Waals surface area (Å²) in [5.41, 5.74) is 1.66. The number of furan rings is 1. The Morgan fingerprint density at radius 3 is 2.81 bits per heavy atom. The molecular weight excluding hydrogens is 224 g/mol. The van der Waals surface area contributed by atoms with Crippen LogP contribution in [0, 0.1) is 0 Å². The van der Waals surface area contributed by atoms with Crippen LogP contribution in [0.3, 0.4) is 0 Å². The molecular formula is C13H9ClO2. The van der Waals surface area contributed by atoms with E-state index in [-0.39, 0.29) is 5.78 Å². The van der Waals surface area contributed by atoms with Crippen molar-refractivity contribution in [1.29, 1.82) is 0 Å². The molecule has 0 saturated carbocycles. The lowest BCUT2D eigenvalue weighted by Gasteiger charge is -1.93. The number of hydrogen-bond acceptors (Lipinski definition) is 2. The average molecular weight is 233 g/mol. The smallest absolute Gasteiger partial charge is 0.156 e. The Balaban J connectivity index is 2.16. The Morgan fingerprint density at radius 2 is 2.12 bits per heavy atom. The van der Waals surface area contributed by atoms with Gasteiger partial charge in [-0.1, -0.05) is 23.7 Å². The van der Waals surface area contributed by atoms with Gasteiger partial charge in [0.05, 0.1) is 5.02 Å². The first-order valence-corrected chi connectivity index (χ1v) is 5.54. The third-order valence-corrected chi connectivity index (χ3v) is 3.09. The monoisotopic (exact) mass is 232 g/mol. The van der Waals surface area contributed by atoms with E-state index >= 15 is 0 Å². The molecule has 2 aromatic rings. The molecule has 1 heterocycles. The Labute approximate surface area is 97.5 Å². The molecule has 0 fully saturated rings. The van der Waals surface area contributed by atoms with E-state index in [2.05, 4.69) is 0 Å². The highest BCUT2D eigenvalue weighted by Crippen LogP contribution is 2.33. The number of carbonyl (C=O) groups excluding carboxylic acids is 1. The van der Waals surface area contributed by atoms with E-state index in [1.807, 2.05) is 18.2 Å². The predicted octanol–water partition coefficient (Wildman–Crippen LogP) is 3.83.